The van der Waals surface area contributed by atoms with Gasteiger partial charge in [0, 0.05) is 0 Å². The molecule has 0 aliphatic rings. The van der Waals surface area contributed by atoms with Crippen LogP contribution in [0.5, 0.6) is 5.75 Å². The Hall–Kier alpha value is -2.27. The number of hydrogen-bond acceptors (Lipinski definition) is 2. The highest BCUT2D eigenvalue weighted by Gasteiger charge is 1.99. The second kappa shape index (κ2) is 5.18. The summed E-state index contributed by atoms with van der Waals surface area (Å²) in [7, 11) is 1.66. The zero-order chi connectivity index (χ0) is 12.1. The normalized spacial score (nSPS) is 9.65. The van der Waals surface area contributed by atoms with Crippen molar-refractivity contribution in [1.82, 2.24) is 0 Å². The Bertz CT molecular complexity index is 538. The van der Waals surface area contributed by atoms with Crippen LogP contribution in [-0.2, 0) is 6.42 Å². The van der Waals surface area contributed by atoms with Crippen molar-refractivity contribution in [2.75, 3.05) is 7.11 Å². The van der Waals surface area contributed by atoms with Crippen molar-refractivity contribution in [2.24, 2.45) is 0 Å². The van der Waals surface area contributed by atoms with E-state index < -0.39 is 0 Å². The number of nitrogens with zero attached hydrogens (tertiary/aromatic N) is 1. The maximum Gasteiger partial charge on any atom is 0.118 e. The van der Waals surface area contributed by atoms with Crippen LogP contribution < -0.4 is 4.74 Å². The summed E-state index contributed by atoms with van der Waals surface area (Å²) in [4.78, 5) is 0. The minimum Gasteiger partial charge on any atom is -0.497 e. The molecule has 0 aliphatic heterocycles. The summed E-state index contributed by atoms with van der Waals surface area (Å²) >= 11 is 0. The molecule has 0 atom stereocenters. The molecule has 0 N–H and O–H groups in total. The second-order valence-electron chi connectivity index (χ2n) is 3.76. The third-order valence-corrected chi connectivity index (χ3v) is 2.63. The SMILES string of the molecule is COc1ccc(-c2cccc(CC#N)c2)cc1. The minimum atomic E-state index is 0.448. The third-order valence-electron chi connectivity index (χ3n) is 2.63. The van der Waals surface area contributed by atoms with Gasteiger partial charge < -0.3 is 4.74 Å². The van der Waals surface area contributed by atoms with Gasteiger partial charge in [-0.05, 0) is 28.8 Å². The summed E-state index contributed by atoms with van der Waals surface area (Å²) in [5.74, 6) is 0.849. The van der Waals surface area contributed by atoms with Gasteiger partial charge in [-0.25, -0.2) is 0 Å². The highest BCUT2D eigenvalue weighted by atomic mass is 16.5. The molecule has 2 aromatic carbocycles. The van der Waals surface area contributed by atoms with Crippen molar-refractivity contribution in [3.05, 3.63) is 54.1 Å². The van der Waals surface area contributed by atoms with Gasteiger partial charge in [0.1, 0.15) is 5.75 Å². The van der Waals surface area contributed by atoms with Crippen molar-refractivity contribution in [1.29, 1.82) is 5.26 Å². The number of ether oxygens (including phenoxy) is 1. The van der Waals surface area contributed by atoms with E-state index in [-0.39, 0.29) is 0 Å². The fourth-order valence-corrected chi connectivity index (χ4v) is 1.74. The molecule has 2 aromatic rings. The smallest absolute Gasteiger partial charge is 0.118 e. The third kappa shape index (κ3) is 2.64. The molecule has 0 fully saturated rings. The first-order valence-electron chi connectivity index (χ1n) is 5.44. The first-order chi connectivity index (χ1) is 8.33. The average Bonchev–Trinajstić information content (AvgIpc) is 2.40. The van der Waals surface area contributed by atoms with Crippen LogP contribution in [0.4, 0.5) is 0 Å². The lowest BCUT2D eigenvalue weighted by molar-refractivity contribution is 0.415. The Balaban J connectivity index is 2.32. The van der Waals surface area contributed by atoms with Gasteiger partial charge in [-0.3, -0.25) is 0 Å². The van der Waals surface area contributed by atoms with Crippen molar-refractivity contribution in [3.8, 4) is 22.9 Å². The van der Waals surface area contributed by atoms with Gasteiger partial charge in [0.2, 0.25) is 0 Å². The highest BCUT2D eigenvalue weighted by Crippen LogP contribution is 2.23. The Morgan fingerprint density at radius 2 is 1.82 bits per heavy atom. The number of rotatable bonds is 3. The molecule has 0 saturated carbocycles. The van der Waals surface area contributed by atoms with E-state index in [1.165, 1.54) is 0 Å². The van der Waals surface area contributed by atoms with E-state index in [4.69, 9.17) is 10.00 Å². The molecule has 0 spiro atoms. The summed E-state index contributed by atoms with van der Waals surface area (Å²) in [6.45, 7) is 0. The van der Waals surface area contributed by atoms with Crippen molar-refractivity contribution >= 4 is 0 Å². The average molecular weight is 223 g/mol. The number of benzene rings is 2. The molecule has 0 aliphatic carbocycles. The van der Waals surface area contributed by atoms with Gasteiger partial charge in [0.15, 0.2) is 0 Å². The summed E-state index contributed by atoms with van der Waals surface area (Å²) in [5.41, 5.74) is 3.30. The zero-order valence-electron chi connectivity index (χ0n) is 9.68. The predicted octanol–water partition coefficient (Wildman–Crippen LogP) is 3.43. The molecular weight excluding hydrogens is 210 g/mol. The molecule has 0 saturated heterocycles. The Kier molecular flexibility index (Phi) is 3.42. The molecule has 2 heteroatoms. The predicted molar refractivity (Wildman–Crippen MR) is 67.7 cm³/mol. The molecule has 2 rings (SSSR count). The Morgan fingerprint density at radius 3 is 2.47 bits per heavy atom. The van der Waals surface area contributed by atoms with E-state index >= 15 is 0 Å². The molecule has 0 heterocycles. The van der Waals surface area contributed by atoms with Gasteiger partial charge in [-0.15, -0.1) is 0 Å². The molecule has 2 nitrogen and oxygen atoms in total. The first kappa shape index (κ1) is 11.2. The Labute approximate surface area is 101 Å². The van der Waals surface area contributed by atoms with Gasteiger partial charge in [-0.2, -0.15) is 5.26 Å². The standard InChI is InChI=1S/C15H13NO/c1-17-15-7-5-13(6-8-15)14-4-2-3-12(11-14)9-10-16/h2-8,11H,9H2,1H3. The monoisotopic (exact) mass is 223 g/mol. The second-order valence-corrected chi connectivity index (χ2v) is 3.76. The molecule has 17 heavy (non-hydrogen) atoms. The fraction of sp³-hybridized carbons (Fsp3) is 0.133. The van der Waals surface area contributed by atoms with Gasteiger partial charge in [0.25, 0.3) is 0 Å². The lowest BCUT2D eigenvalue weighted by Gasteiger charge is -2.05. The molecule has 0 aromatic heterocycles. The molecule has 0 unspecified atom stereocenters. The summed E-state index contributed by atoms with van der Waals surface area (Å²) in [6, 6.07) is 18.1. The van der Waals surface area contributed by atoms with E-state index in [1.807, 2.05) is 48.5 Å². The maximum absolute atomic E-state index is 8.68. The lowest BCUT2D eigenvalue weighted by atomic mass is 10.0. The molecule has 84 valence electrons. The molecule has 0 bridgehead atoms. The fourth-order valence-electron chi connectivity index (χ4n) is 1.74. The lowest BCUT2D eigenvalue weighted by Crippen LogP contribution is -1.85. The number of nitriles is 1. The molecular formula is C15H13NO. The van der Waals surface area contributed by atoms with Crippen LogP contribution in [0.3, 0.4) is 0 Å². The van der Waals surface area contributed by atoms with E-state index in [0.717, 1.165) is 22.4 Å². The van der Waals surface area contributed by atoms with Crippen LogP contribution in [0.15, 0.2) is 48.5 Å². The zero-order valence-corrected chi connectivity index (χ0v) is 9.68. The number of methoxy groups -OCH3 is 1. The topological polar surface area (TPSA) is 33.0 Å². The van der Waals surface area contributed by atoms with E-state index in [1.54, 1.807) is 7.11 Å². The first-order valence-corrected chi connectivity index (χ1v) is 5.44. The quantitative estimate of drug-likeness (QED) is 0.798. The van der Waals surface area contributed by atoms with E-state index in [0.29, 0.717) is 6.42 Å². The van der Waals surface area contributed by atoms with Crippen LogP contribution in [0.25, 0.3) is 11.1 Å². The van der Waals surface area contributed by atoms with Gasteiger partial charge in [-0.1, -0.05) is 36.4 Å². The summed E-state index contributed by atoms with van der Waals surface area (Å²) in [6.07, 6.45) is 0.448. The maximum atomic E-state index is 8.68. The van der Waals surface area contributed by atoms with E-state index in [2.05, 4.69) is 6.07 Å². The van der Waals surface area contributed by atoms with Crippen LogP contribution in [-0.4, -0.2) is 7.11 Å². The van der Waals surface area contributed by atoms with Crippen molar-refractivity contribution < 1.29 is 4.74 Å². The molecule has 0 amide bonds. The van der Waals surface area contributed by atoms with Crippen LogP contribution in [0.2, 0.25) is 0 Å². The van der Waals surface area contributed by atoms with Gasteiger partial charge >= 0.3 is 0 Å². The van der Waals surface area contributed by atoms with E-state index in [9.17, 15) is 0 Å². The summed E-state index contributed by atoms with van der Waals surface area (Å²) in [5, 5.41) is 8.68. The Morgan fingerprint density at radius 1 is 1.06 bits per heavy atom. The van der Waals surface area contributed by atoms with Crippen LogP contribution in [0, 0.1) is 11.3 Å². The van der Waals surface area contributed by atoms with Gasteiger partial charge in [0.05, 0.1) is 19.6 Å². The van der Waals surface area contributed by atoms with Crippen LogP contribution in [0.1, 0.15) is 5.56 Å². The highest BCUT2D eigenvalue weighted by molar-refractivity contribution is 5.65. The van der Waals surface area contributed by atoms with Crippen LogP contribution >= 0.6 is 0 Å². The van der Waals surface area contributed by atoms with Crippen molar-refractivity contribution in [2.45, 2.75) is 6.42 Å². The molecule has 0 radical (unpaired) electrons. The summed E-state index contributed by atoms with van der Waals surface area (Å²) < 4.78 is 5.12. The largest absolute Gasteiger partial charge is 0.497 e. The minimum absolute atomic E-state index is 0.448. The number of hydrogen-bond donors (Lipinski definition) is 0. The van der Waals surface area contributed by atoms with Crippen molar-refractivity contribution in [3.63, 3.8) is 0 Å².